The maximum absolute atomic E-state index is 15.2. The molecule has 2 aromatic carbocycles. The Bertz CT molecular complexity index is 1980. The molecule has 10 heteroatoms. The zero-order valence-corrected chi connectivity index (χ0v) is 20.1. The predicted octanol–water partition coefficient (Wildman–Crippen LogP) is 6.21. The number of carbonyl (C=O) groups is 1. The fourth-order valence-electron chi connectivity index (χ4n) is 4.56. The second-order valence-corrected chi connectivity index (χ2v) is 8.89. The van der Waals surface area contributed by atoms with E-state index in [2.05, 4.69) is 30.5 Å². The van der Waals surface area contributed by atoms with E-state index in [9.17, 15) is 4.79 Å². The summed E-state index contributed by atoms with van der Waals surface area (Å²) in [6.07, 6.45) is 8.07. The molecule has 0 spiro atoms. The fourth-order valence-corrected chi connectivity index (χ4v) is 4.56. The van der Waals surface area contributed by atoms with E-state index in [1.165, 1.54) is 6.07 Å². The molecule has 39 heavy (non-hydrogen) atoms. The molecule has 1 amide bonds. The highest BCUT2D eigenvalue weighted by atomic mass is 19.1. The minimum absolute atomic E-state index is 0.249. The molecule has 0 aliphatic carbocycles. The zero-order valence-electron chi connectivity index (χ0n) is 20.1. The van der Waals surface area contributed by atoms with E-state index in [0.29, 0.717) is 50.4 Å². The van der Waals surface area contributed by atoms with E-state index >= 15 is 4.39 Å². The van der Waals surface area contributed by atoms with Gasteiger partial charge in [0.05, 0.1) is 24.4 Å². The van der Waals surface area contributed by atoms with Crippen LogP contribution in [0.1, 0.15) is 10.4 Å². The first-order chi connectivity index (χ1) is 19.1. The zero-order chi connectivity index (χ0) is 26.3. The number of amides is 1. The molecule has 0 aliphatic rings. The van der Waals surface area contributed by atoms with Crippen molar-refractivity contribution in [2.45, 2.75) is 0 Å². The Morgan fingerprint density at radius 3 is 2.72 bits per heavy atom. The second kappa shape index (κ2) is 9.03. The second-order valence-electron chi connectivity index (χ2n) is 8.89. The number of hydrogen-bond acceptors (Lipinski definition) is 6. The van der Waals surface area contributed by atoms with Gasteiger partial charge in [-0.1, -0.05) is 18.2 Å². The van der Waals surface area contributed by atoms with Crippen molar-refractivity contribution >= 4 is 33.7 Å². The van der Waals surface area contributed by atoms with Crippen LogP contribution in [0.5, 0.6) is 0 Å². The Labute approximate surface area is 219 Å². The summed E-state index contributed by atoms with van der Waals surface area (Å²) in [5, 5.41) is 10.5. The standard InChI is InChI=1S/C29H18FN7O2/c30-23-12-18(19-10-20(14-31-13-19)33-29(38)16-4-2-1-3-5-16)11-22-24(23)36-37-26(22)28-34-25-21(17-7-9-39-15-17)6-8-32-27(25)35-28/h1-15H,(H,33,38)(H,36,37)(H,32,34,35). The molecule has 9 nitrogen and oxygen atoms in total. The van der Waals surface area contributed by atoms with Crippen LogP contribution in [0.4, 0.5) is 10.1 Å². The Morgan fingerprint density at radius 2 is 1.87 bits per heavy atom. The first-order valence-electron chi connectivity index (χ1n) is 12.0. The third-order valence-electron chi connectivity index (χ3n) is 6.43. The van der Waals surface area contributed by atoms with Crippen LogP contribution in [0.15, 0.2) is 96.2 Å². The van der Waals surface area contributed by atoms with E-state index in [-0.39, 0.29) is 11.4 Å². The van der Waals surface area contributed by atoms with E-state index in [1.807, 2.05) is 24.3 Å². The smallest absolute Gasteiger partial charge is 0.255 e. The molecular formula is C29H18FN7O2. The van der Waals surface area contributed by atoms with Crippen molar-refractivity contribution in [2.24, 2.45) is 0 Å². The summed E-state index contributed by atoms with van der Waals surface area (Å²) >= 11 is 0. The number of rotatable bonds is 5. The number of aromatic nitrogens is 6. The molecule has 0 saturated carbocycles. The van der Waals surface area contributed by atoms with Gasteiger partial charge >= 0.3 is 0 Å². The monoisotopic (exact) mass is 515 g/mol. The molecular weight excluding hydrogens is 497 g/mol. The Balaban J connectivity index is 1.28. The minimum Gasteiger partial charge on any atom is -0.472 e. The predicted molar refractivity (Wildman–Crippen MR) is 144 cm³/mol. The molecule has 0 fully saturated rings. The number of anilines is 1. The first kappa shape index (κ1) is 22.5. The highest BCUT2D eigenvalue weighted by Gasteiger charge is 2.19. The van der Waals surface area contributed by atoms with Gasteiger partial charge in [-0.05, 0) is 48.0 Å². The van der Waals surface area contributed by atoms with Gasteiger partial charge < -0.3 is 14.7 Å². The molecule has 5 aromatic heterocycles. The summed E-state index contributed by atoms with van der Waals surface area (Å²) in [4.78, 5) is 29.2. The Hall–Kier alpha value is -5.64. The molecule has 3 N–H and O–H groups in total. The average molecular weight is 516 g/mol. The lowest BCUT2D eigenvalue weighted by molar-refractivity contribution is 0.102. The van der Waals surface area contributed by atoms with Gasteiger partial charge in [-0.15, -0.1) is 0 Å². The molecule has 0 atom stereocenters. The number of pyridine rings is 2. The lowest BCUT2D eigenvalue weighted by Crippen LogP contribution is -2.11. The number of H-pyrrole nitrogens is 2. The molecule has 0 aliphatic heterocycles. The van der Waals surface area contributed by atoms with Crippen molar-refractivity contribution in [1.82, 2.24) is 30.1 Å². The van der Waals surface area contributed by atoms with Gasteiger partial charge in [-0.2, -0.15) is 5.10 Å². The third-order valence-corrected chi connectivity index (χ3v) is 6.43. The quantitative estimate of drug-likeness (QED) is 0.250. The van der Waals surface area contributed by atoms with Crippen LogP contribution in [-0.2, 0) is 0 Å². The number of aromatic amines is 2. The number of halogens is 1. The largest absolute Gasteiger partial charge is 0.472 e. The summed E-state index contributed by atoms with van der Waals surface area (Å²) in [7, 11) is 0. The number of hydrogen-bond donors (Lipinski definition) is 3. The summed E-state index contributed by atoms with van der Waals surface area (Å²) in [5.41, 5.74) is 5.84. The molecule has 7 rings (SSSR count). The van der Waals surface area contributed by atoms with E-state index in [1.54, 1.807) is 61.4 Å². The van der Waals surface area contributed by atoms with Gasteiger partial charge in [0.25, 0.3) is 5.91 Å². The fraction of sp³-hybridized carbons (Fsp3) is 0. The van der Waals surface area contributed by atoms with Crippen LogP contribution in [0.25, 0.3) is 55.8 Å². The summed E-state index contributed by atoms with van der Waals surface area (Å²) in [6.45, 7) is 0. The van der Waals surface area contributed by atoms with Crippen molar-refractivity contribution in [3.63, 3.8) is 0 Å². The van der Waals surface area contributed by atoms with Gasteiger partial charge in [0.1, 0.15) is 22.5 Å². The molecule has 0 saturated heterocycles. The van der Waals surface area contributed by atoms with Crippen molar-refractivity contribution in [3.05, 3.63) is 103 Å². The van der Waals surface area contributed by atoms with Crippen molar-refractivity contribution < 1.29 is 13.6 Å². The molecule has 188 valence electrons. The van der Waals surface area contributed by atoms with Gasteiger partial charge in [-0.3, -0.25) is 14.9 Å². The van der Waals surface area contributed by atoms with E-state index in [4.69, 9.17) is 9.40 Å². The number of furan rings is 1. The number of benzene rings is 2. The van der Waals surface area contributed by atoms with E-state index in [0.717, 1.165) is 11.1 Å². The van der Waals surface area contributed by atoms with Crippen molar-refractivity contribution in [1.29, 1.82) is 0 Å². The van der Waals surface area contributed by atoms with Crippen LogP contribution in [-0.4, -0.2) is 36.0 Å². The lowest BCUT2D eigenvalue weighted by atomic mass is 10.0. The van der Waals surface area contributed by atoms with Crippen LogP contribution in [0.3, 0.4) is 0 Å². The first-order valence-corrected chi connectivity index (χ1v) is 12.0. The highest BCUT2D eigenvalue weighted by Crippen LogP contribution is 2.34. The summed E-state index contributed by atoms with van der Waals surface area (Å²) < 4.78 is 20.5. The molecule has 0 bridgehead atoms. The van der Waals surface area contributed by atoms with Gasteiger partial charge in [0.2, 0.25) is 0 Å². The molecule has 0 radical (unpaired) electrons. The summed E-state index contributed by atoms with van der Waals surface area (Å²) in [6, 6.07) is 17.5. The summed E-state index contributed by atoms with van der Waals surface area (Å²) in [5.74, 6) is -0.298. The minimum atomic E-state index is -0.478. The molecule has 7 aromatic rings. The topological polar surface area (TPSA) is 125 Å². The normalized spacial score (nSPS) is 11.3. The van der Waals surface area contributed by atoms with E-state index < -0.39 is 5.82 Å². The number of fused-ring (bicyclic) bond motifs is 2. The third kappa shape index (κ3) is 4.00. The Morgan fingerprint density at radius 1 is 0.974 bits per heavy atom. The number of carbonyl (C=O) groups excluding carboxylic acids is 1. The van der Waals surface area contributed by atoms with Crippen molar-refractivity contribution in [3.8, 4) is 33.8 Å². The number of nitrogens with zero attached hydrogens (tertiary/aromatic N) is 4. The maximum Gasteiger partial charge on any atom is 0.255 e. The molecule has 0 unspecified atom stereocenters. The SMILES string of the molecule is O=C(Nc1cncc(-c2cc(F)c3[nH]nc(-c4nc5c(-c6ccoc6)ccnc5[nH]4)c3c2)c1)c1ccccc1. The van der Waals surface area contributed by atoms with Gasteiger partial charge in [-0.25, -0.2) is 14.4 Å². The highest BCUT2D eigenvalue weighted by molar-refractivity contribution is 6.04. The van der Waals surface area contributed by atoms with Gasteiger partial charge in [0.15, 0.2) is 11.5 Å². The average Bonchev–Trinajstić information content (AvgIpc) is 3.73. The van der Waals surface area contributed by atoms with Crippen LogP contribution < -0.4 is 5.32 Å². The Kier molecular flexibility index (Phi) is 5.22. The lowest BCUT2D eigenvalue weighted by Gasteiger charge is -2.08. The molecule has 5 heterocycles. The van der Waals surface area contributed by atoms with Crippen LogP contribution in [0, 0.1) is 5.82 Å². The number of imidazole rings is 1. The van der Waals surface area contributed by atoms with Crippen LogP contribution >= 0.6 is 0 Å². The van der Waals surface area contributed by atoms with Crippen LogP contribution in [0.2, 0.25) is 0 Å². The van der Waals surface area contributed by atoms with Gasteiger partial charge in [0, 0.05) is 40.0 Å². The van der Waals surface area contributed by atoms with Crippen molar-refractivity contribution in [2.75, 3.05) is 5.32 Å². The number of nitrogens with one attached hydrogen (secondary N) is 3. The maximum atomic E-state index is 15.2.